The number of aliphatic carboxylic acids is 2. The zero-order valence-electron chi connectivity index (χ0n) is 23.9. The van der Waals surface area contributed by atoms with Crippen LogP contribution in [-0.2, 0) is 28.9 Å². The zero-order chi connectivity index (χ0) is 27.0. The second-order valence-electron chi connectivity index (χ2n) is 11.0. The van der Waals surface area contributed by atoms with Gasteiger partial charge < -0.3 is 10.2 Å². The van der Waals surface area contributed by atoms with E-state index < -0.39 is 11.9 Å². The van der Waals surface area contributed by atoms with Crippen molar-refractivity contribution in [2.24, 2.45) is 0 Å². The fourth-order valence-electron chi connectivity index (χ4n) is 5.33. The summed E-state index contributed by atoms with van der Waals surface area (Å²) in [6.07, 6.45) is 26.8. The minimum absolute atomic E-state index is 0.303. The minimum Gasteiger partial charge on any atom is -0.481 e. The molecule has 0 aromatic heterocycles. The highest BCUT2D eigenvalue weighted by Crippen LogP contribution is 2.23. The van der Waals surface area contributed by atoms with Crippen LogP contribution in [0.1, 0.15) is 158 Å². The molecule has 0 amide bonds. The van der Waals surface area contributed by atoms with Gasteiger partial charge in [-0.1, -0.05) is 115 Å². The molecule has 0 unspecified atom stereocenters. The van der Waals surface area contributed by atoms with Crippen LogP contribution in [-0.4, -0.2) is 22.2 Å². The van der Waals surface area contributed by atoms with Crippen molar-refractivity contribution in [3.63, 3.8) is 0 Å². The Morgan fingerprint density at radius 2 is 0.865 bits per heavy atom. The molecule has 0 aliphatic carbocycles. The molecule has 0 aliphatic rings. The van der Waals surface area contributed by atoms with Gasteiger partial charge in [0.1, 0.15) is 0 Å². The van der Waals surface area contributed by atoms with E-state index >= 15 is 0 Å². The Kier molecular flexibility index (Phi) is 20.9. The van der Waals surface area contributed by atoms with Gasteiger partial charge in [-0.2, -0.15) is 0 Å². The SMILES string of the molecule is CCCCCCCCCc1cccc(CCCCCCCCC(=O)O)c1CCCCCCCCC(=O)O. The molecule has 1 aromatic carbocycles. The lowest BCUT2D eigenvalue weighted by atomic mass is 9.90. The van der Waals surface area contributed by atoms with E-state index in [1.165, 1.54) is 96.3 Å². The molecule has 212 valence electrons. The zero-order valence-corrected chi connectivity index (χ0v) is 23.9. The second kappa shape index (κ2) is 23.3. The third-order valence-electron chi connectivity index (χ3n) is 7.57. The number of unbranched alkanes of at least 4 members (excludes halogenated alkanes) is 16. The van der Waals surface area contributed by atoms with E-state index in [0.29, 0.717) is 12.8 Å². The summed E-state index contributed by atoms with van der Waals surface area (Å²) in [6, 6.07) is 6.98. The predicted octanol–water partition coefficient (Wildman–Crippen LogP) is 9.70. The van der Waals surface area contributed by atoms with Crippen molar-refractivity contribution in [1.29, 1.82) is 0 Å². The predicted molar refractivity (Wildman–Crippen MR) is 155 cm³/mol. The molecule has 0 radical (unpaired) electrons. The monoisotopic (exact) mass is 516 g/mol. The van der Waals surface area contributed by atoms with Crippen LogP contribution in [0.5, 0.6) is 0 Å². The van der Waals surface area contributed by atoms with Crippen LogP contribution in [0, 0.1) is 0 Å². The molecule has 0 fully saturated rings. The van der Waals surface area contributed by atoms with Crippen molar-refractivity contribution in [2.75, 3.05) is 0 Å². The number of carboxylic acids is 2. The Bertz CT molecular complexity index is 712. The topological polar surface area (TPSA) is 74.6 Å². The molecule has 1 aromatic rings. The number of carboxylic acid groups (broad SMARTS) is 2. The quantitative estimate of drug-likeness (QED) is 0.120. The lowest BCUT2D eigenvalue weighted by Gasteiger charge is -2.16. The third kappa shape index (κ3) is 19.0. The molecule has 0 spiro atoms. The van der Waals surface area contributed by atoms with E-state index in [4.69, 9.17) is 10.2 Å². The maximum Gasteiger partial charge on any atom is 0.303 e. The summed E-state index contributed by atoms with van der Waals surface area (Å²) in [5.41, 5.74) is 4.73. The van der Waals surface area contributed by atoms with Crippen molar-refractivity contribution in [1.82, 2.24) is 0 Å². The molecule has 0 heterocycles. The van der Waals surface area contributed by atoms with E-state index in [1.807, 2.05) is 0 Å². The fraction of sp³-hybridized carbons (Fsp3) is 0.758. The number of hydrogen-bond donors (Lipinski definition) is 2. The standard InChI is InChI=1S/C33H56O4/c1-2-3-4-5-6-11-16-22-29-24-21-25-30(23-17-12-7-9-14-19-27-32(34)35)31(29)26-18-13-8-10-15-20-28-33(36)37/h21,24-25H,2-20,22-23,26-28H2,1H3,(H,34,35)(H,36,37). The van der Waals surface area contributed by atoms with Gasteiger partial charge in [-0.3, -0.25) is 9.59 Å². The first-order chi connectivity index (χ1) is 18.0. The number of carbonyl (C=O) groups is 2. The molecule has 4 heteroatoms. The van der Waals surface area contributed by atoms with Crippen LogP contribution in [0.25, 0.3) is 0 Å². The van der Waals surface area contributed by atoms with Gasteiger partial charge in [0, 0.05) is 12.8 Å². The van der Waals surface area contributed by atoms with E-state index in [2.05, 4.69) is 25.1 Å². The van der Waals surface area contributed by atoms with Gasteiger partial charge in [0.15, 0.2) is 0 Å². The van der Waals surface area contributed by atoms with Crippen molar-refractivity contribution < 1.29 is 19.8 Å². The Labute approximate surface area is 227 Å². The van der Waals surface area contributed by atoms with Gasteiger partial charge >= 0.3 is 11.9 Å². The molecule has 0 saturated carbocycles. The van der Waals surface area contributed by atoms with E-state index in [1.54, 1.807) is 16.7 Å². The molecular weight excluding hydrogens is 460 g/mol. The maximum absolute atomic E-state index is 10.7. The first-order valence-corrected chi connectivity index (χ1v) is 15.6. The van der Waals surface area contributed by atoms with Gasteiger partial charge in [-0.15, -0.1) is 0 Å². The average Bonchev–Trinajstić information content (AvgIpc) is 2.87. The van der Waals surface area contributed by atoms with Gasteiger partial charge in [-0.25, -0.2) is 0 Å². The molecule has 4 nitrogen and oxygen atoms in total. The molecule has 0 bridgehead atoms. The molecular formula is C33H56O4. The van der Waals surface area contributed by atoms with E-state index in [-0.39, 0.29) is 0 Å². The molecule has 0 saturated heterocycles. The molecule has 0 aliphatic heterocycles. The summed E-state index contributed by atoms with van der Waals surface area (Å²) in [7, 11) is 0. The first kappa shape index (κ1) is 33.2. The summed E-state index contributed by atoms with van der Waals surface area (Å²) in [6.45, 7) is 2.27. The normalized spacial score (nSPS) is 11.2. The number of benzene rings is 1. The van der Waals surface area contributed by atoms with Gasteiger partial charge in [0.05, 0.1) is 0 Å². The summed E-state index contributed by atoms with van der Waals surface area (Å²) < 4.78 is 0. The largest absolute Gasteiger partial charge is 0.481 e. The van der Waals surface area contributed by atoms with E-state index in [0.717, 1.165) is 44.9 Å². The van der Waals surface area contributed by atoms with Crippen LogP contribution in [0.15, 0.2) is 18.2 Å². The molecule has 37 heavy (non-hydrogen) atoms. The van der Waals surface area contributed by atoms with Crippen LogP contribution in [0.3, 0.4) is 0 Å². The van der Waals surface area contributed by atoms with Crippen molar-refractivity contribution >= 4 is 11.9 Å². The van der Waals surface area contributed by atoms with Crippen LogP contribution >= 0.6 is 0 Å². The second-order valence-corrected chi connectivity index (χ2v) is 11.0. The third-order valence-corrected chi connectivity index (χ3v) is 7.57. The summed E-state index contributed by atoms with van der Waals surface area (Å²) in [5, 5.41) is 17.5. The van der Waals surface area contributed by atoms with Gasteiger partial charge in [0.2, 0.25) is 0 Å². The highest BCUT2D eigenvalue weighted by atomic mass is 16.4. The summed E-state index contributed by atoms with van der Waals surface area (Å²) in [5.74, 6) is -1.36. The highest BCUT2D eigenvalue weighted by Gasteiger charge is 2.09. The highest BCUT2D eigenvalue weighted by molar-refractivity contribution is 5.66. The van der Waals surface area contributed by atoms with Gasteiger partial charge in [0.25, 0.3) is 0 Å². The Hall–Kier alpha value is -1.84. The van der Waals surface area contributed by atoms with Crippen LogP contribution in [0.4, 0.5) is 0 Å². The molecule has 0 atom stereocenters. The maximum atomic E-state index is 10.7. The first-order valence-electron chi connectivity index (χ1n) is 15.6. The Morgan fingerprint density at radius 1 is 0.514 bits per heavy atom. The number of aryl methyl sites for hydroxylation is 2. The summed E-state index contributed by atoms with van der Waals surface area (Å²) >= 11 is 0. The number of hydrogen-bond acceptors (Lipinski definition) is 2. The lowest BCUT2D eigenvalue weighted by molar-refractivity contribution is -0.138. The van der Waals surface area contributed by atoms with E-state index in [9.17, 15) is 9.59 Å². The molecule has 1 rings (SSSR count). The smallest absolute Gasteiger partial charge is 0.303 e. The molecule has 2 N–H and O–H groups in total. The van der Waals surface area contributed by atoms with Gasteiger partial charge in [-0.05, 0) is 68.1 Å². The minimum atomic E-state index is -0.679. The fourth-order valence-corrected chi connectivity index (χ4v) is 5.33. The van der Waals surface area contributed by atoms with Crippen molar-refractivity contribution in [2.45, 2.75) is 161 Å². The Balaban J connectivity index is 2.49. The number of rotatable bonds is 26. The van der Waals surface area contributed by atoms with Crippen molar-refractivity contribution in [3.05, 3.63) is 34.9 Å². The summed E-state index contributed by atoms with van der Waals surface area (Å²) in [4.78, 5) is 21.3. The lowest BCUT2D eigenvalue weighted by Crippen LogP contribution is -2.02. The van der Waals surface area contributed by atoms with Crippen LogP contribution in [0.2, 0.25) is 0 Å². The van der Waals surface area contributed by atoms with Crippen LogP contribution < -0.4 is 0 Å². The Morgan fingerprint density at radius 3 is 1.27 bits per heavy atom. The average molecular weight is 517 g/mol. The van der Waals surface area contributed by atoms with Crippen molar-refractivity contribution in [3.8, 4) is 0 Å².